The van der Waals surface area contributed by atoms with Crippen LogP contribution in [0.2, 0.25) is 0 Å². The van der Waals surface area contributed by atoms with Gasteiger partial charge in [0.05, 0.1) is 0 Å². The summed E-state index contributed by atoms with van der Waals surface area (Å²) in [6.45, 7) is 3.96. The van der Waals surface area contributed by atoms with E-state index in [0.717, 1.165) is 26.3 Å². The molecule has 0 aromatic heterocycles. The van der Waals surface area contributed by atoms with Crippen LogP contribution in [0.4, 0.5) is 0 Å². The lowest BCUT2D eigenvalue weighted by molar-refractivity contribution is 0.0315. The molecule has 3 N–H and O–H groups in total. The van der Waals surface area contributed by atoms with E-state index in [2.05, 4.69) is 5.32 Å². The molecule has 2 aliphatic rings. The summed E-state index contributed by atoms with van der Waals surface area (Å²) in [4.78, 5) is 0. The highest BCUT2D eigenvalue weighted by atomic mass is 16.5. The van der Waals surface area contributed by atoms with Gasteiger partial charge >= 0.3 is 0 Å². The molecule has 3 unspecified atom stereocenters. The number of ether oxygens (including phenoxy) is 1. The highest BCUT2D eigenvalue weighted by Gasteiger charge is 2.32. The summed E-state index contributed by atoms with van der Waals surface area (Å²) in [7, 11) is 0. The Morgan fingerprint density at radius 1 is 1.33 bits per heavy atom. The van der Waals surface area contributed by atoms with Crippen LogP contribution in [-0.4, -0.2) is 32.3 Å². The van der Waals surface area contributed by atoms with Crippen molar-refractivity contribution in [3.8, 4) is 0 Å². The number of rotatable bonds is 1. The molecule has 0 aliphatic carbocycles. The number of nitrogens with one attached hydrogen (secondary N) is 1. The molecule has 2 rings (SSSR count). The van der Waals surface area contributed by atoms with Gasteiger partial charge in [-0.1, -0.05) is 0 Å². The van der Waals surface area contributed by atoms with Crippen molar-refractivity contribution in [3.63, 3.8) is 0 Å². The lowest BCUT2D eigenvalue weighted by Gasteiger charge is -2.29. The smallest absolute Gasteiger partial charge is 0.0498 e. The van der Waals surface area contributed by atoms with Crippen molar-refractivity contribution in [2.45, 2.75) is 18.9 Å². The molecule has 2 aliphatic heterocycles. The first-order chi connectivity index (χ1) is 5.88. The van der Waals surface area contributed by atoms with Gasteiger partial charge in [0, 0.05) is 25.8 Å². The van der Waals surface area contributed by atoms with Crippen LogP contribution in [0.1, 0.15) is 12.8 Å². The van der Waals surface area contributed by atoms with E-state index in [4.69, 9.17) is 10.5 Å². The third-order valence-corrected chi connectivity index (χ3v) is 3.11. The van der Waals surface area contributed by atoms with Crippen LogP contribution in [-0.2, 0) is 4.74 Å². The van der Waals surface area contributed by atoms with E-state index in [-0.39, 0.29) is 0 Å². The van der Waals surface area contributed by atoms with Gasteiger partial charge in [-0.25, -0.2) is 0 Å². The minimum absolute atomic E-state index is 0.358. The van der Waals surface area contributed by atoms with Gasteiger partial charge in [0.2, 0.25) is 0 Å². The first kappa shape index (κ1) is 8.48. The van der Waals surface area contributed by atoms with Gasteiger partial charge in [-0.15, -0.1) is 0 Å². The molecule has 0 bridgehead atoms. The monoisotopic (exact) mass is 170 g/mol. The summed E-state index contributed by atoms with van der Waals surface area (Å²) >= 11 is 0. The van der Waals surface area contributed by atoms with E-state index in [9.17, 15) is 0 Å². The molecule has 3 atom stereocenters. The van der Waals surface area contributed by atoms with Gasteiger partial charge < -0.3 is 15.8 Å². The van der Waals surface area contributed by atoms with Gasteiger partial charge in [-0.05, 0) is 31.2 Å². The van der Waals surface area contributed by atoms with Crippen molar-refractivity contribution in [1.82, 2.24) is 5.32 Å². The summed E-state index contributed by atoms with van der Waals surface area (Å²) in [5.41, 5.74) is 5.99. The lowest BCUT2D eigenvalue weighted by atomic mass is 9.85. The average molecular weight is 170 g/mol. The van der Waals surface area contributed by atoms with Crippen LogP contribution in [0.3, 0.4) is 0 Å². The fraction of sp³-hybridized carbons (Fsp3) is 1.00. The molecule has 70 valence electrons. The largest absolute Gasteiger partial charge is 0.381 e. The fourth-order valence-corrected chi connectivity index (χ4v) is 2.34. The van der Waals surface area contributed by atoms with E-state index >= 15 is 0 Å². The second kappa shape index (κ2) is 3.73. The quantitative estimate of drug-likeness (QED) is 0.580. The lowest BCUT2D eigenvalue weighted by Crippen LogP contribution is -2.37. The van der Waals surface area contributed by atoms with E-state index < -0.39 is 0 Å². The molecular formula is C9H18N2O. The predicted molar refractivity (Wildman–Crippen MR) is 47.9 cm³/mol. The van der Waals surface area contributed by atoms with E-state index in [1.165, 1.54) is 12.8 Å². The summed E-state index contributed by atoms with van der Waals surface area (Å²) < 4.78 is 5.46. The Balaban J connectivity index is 1.89. The summed E-state index contributed by atoms with van der Waals surface area (Å²) in [5, 5.41) is 3.34. The van der Waals surface area contributed by atoms with E-state index in [1.54, 1.807) is 0 Å². The van der Waals surface area contributed by atoms with Crippen LogP contribution in [0, 0.1) is 11.8 Å². The Morgan fingerprint density at radius 3 is 2.83 bits per heavy atom. The molecule has 0 aromatic rings. The van der Waals surface area contributed by atoms with Crippen molar-refractivity contribution < 1.29 is 4.74 Å². The van der Waals surface area contributed by atoms with Crippen LogP contribution in [0.15, 0.2) is 0 Å². The van der Waals surface area contributed by atoms with Gasteiger partial charge in [-0.3, -0.25) is 0 Å². The van der Waals surface area contributed by atoms with Crippen molar-refractivity contribution in [2.75, 3.05) is 26.3 Å². The molecule has 3 nitrogen and oxygen atoms in total. The molecule has 0 spiro atoms. The predicted octanol–water partition coefficient (Wildman–Crippen LogP) is -0.0403. The van der Waals surface area contributed by atoms with Crippen molar-refractivity contribution in [3.05, 3.63) is 0 Å². The maximum atomic E-state index is 5.99. The molecule has 0 saturated carbocycles. The molecule has 2 heterocycles. The highest BCUT2D eigenvalue weighted by Crippen LogP contribution is 2.25. The molecule has 3 heteroatoms. The summed E-state index contributed by atoms with van der Waals surface area (Å²) in [6.07, 6.45) is 2.52. The zero-order chi connectivity index (χ0) is 8.39. The Bertz CT molecular complexity index is 145. The third-order valence-electron chi connectivity index (χ3n) is 3.11. The second-order valence-electron chi connectivity index (χ2n) is 3.96. The molecule has 0 amide bonds. The van der Waals surface area contributed by atoms with Crippen LogP contribution in [0.25, 0.3) is 0 Å². The maximum Gasteiger partial charge on any atom is 0.0498 e. The van der Waals surface area contributed by atoms with Gasteiger partial charge in [0.25, 0.3) is 0 Å². The Kier molecular flexibility index (Phi) is 2.63. The van der Waals surface area contributed by atoms with Crippen molar-refractivity contribution in [1.29, 1.82) is 0 Å². The first-order valence-corrected chi connectivity index (χ1v) is 4.92. The standard InChI is InChI=1S/C9H18N2O/c10-9-5-11-4-8(9)7-2-1-3-12-6-7/h7-9,11H,1-6,10H2. The zero-order valence-corrected chi connectivity index (χ0v) is 7.46. The van der Waals surface area contributed by atoms with Crippen molar-refractivity contribution in [2.24, 2.45) is 17.6 Å². The number of nitrogens with two attached hydrogens (primary N) is 1. The molecule has 2 saturated heterocycles. The summed E-state index contributed by atoms with van der Waals surface area (Å²) in [6, 6.07) is 0.358. The second-order valence-corrected chi connectivity index (χ2v) is 3.96. The fourth-order valence-electron chi connectivity index (χ4n) is 2.34. The number of hydrogen-bond donors (Lipinski definition) is 2. The molecule has 12 heavy (non-hydrogen) atoms. The normalized spacial score (nSPS) is 43.2. The van der Waals surface area contributed by atoms with E-state index in [0.29, 0.717) is 17.9 Å². The zero-order valence-electron chi connectivity index (χ0n) is 7.46. The average Bonchev–Trinajstić information content (AvgIpc) is 2.53. The van der Waals surface area contributed by atoms with Gasteiger partial charge in [0.15, 0.2) is 0 Å². The Labute approximate surface area is 73.7 Å². The molecule has 2 fully saturated rings. The molecule has 0 aromatic carbocycles. The van der Waals surface area contributed by atoms with Crippen LogP contribution >= 0.6 is 0 Å². The summed E-state index contributed by atoms with van der Waals surface area (Å²) in [5.74, 6) is 1.37. The maximum absolute atomic E-state index is 5.99. The van der Waals surface area contributed by atoms with Crippen LogP contribution < -0.4 is 11.1 Å². The first-order valence-electron chi connectivity index (χ1n) is 4.92. The molecule has 0 radical (unpaired) electrons. The SMILES string of the molecule is NC1CNCC1C1CCCOC1. The topological polar surface area (TPSA) is 47.3 Å². The Hall–Kier alpha value is -0.120. The van der Waals surface area contributed by atoms with Gasteiger partial charge in [0.1, 0.15) is 0 Å². The minimum atomic E-state index is 0.358. The highest BCUT2D eigenvalue weighted by molar-refractivity contribution is 4.89. The van der Waals surface area contributed by atoms with Crippen molar-refractivity contribution >= 4 is 0 Å². The Morgan fingerprint density at radius 2 is 2.25 bits per heavy atom. The third kappa shape index (κ3) is 1.63. The van der Waals surface area contributed by atoms with Gasteiger partial charge in [-0.2, -0.15) is 0 Å². The molecular weight excluding hydrogens is 152 g/mol. The van der Waals surface area contributed by atoms with Crippen LogP contribution in [0.5, 0.6) is 0 Å². The number of hydrogen-bond acceptors (Lipinski definition) is 3. The van der Waals surface area contributed by atoms with E-state index in [1.807, 2.05) is 0 Å². The minimum Gasteiger partial charge on any atom is -0.381 e.